The molecule has 3 aromatic rings. The first kappa shape index (κ1) is 17.6. The monoisotopic (exact) mass is 365 g/mol. The van der Waals surface area contributed by atoms with E-state index in [-0.39, 0.29) is 11.7 Å². The fourth-order valence-electron chi connectivity index (χ4n) is 2.25. The first-order valence-electron chi connectivity index (χ1n) is 7.81. The smallest absolute Gasteiger partial charge is 0.343 e. The van der Waals surface area contributed by atoms with Crippen molar-refractivity contribution in [2.45, 2.75) is 6.92 Å². The van der Waals surface area contributed by atoms with E-state index in [1.165, 1.54) is 18.3 Å². The lowest BCUT2D eigenvalue weighted by atomic mass is 10.1. The van der Waals surface area contributed by atoms with E-state index in [1.54, 1.807) is 60.7 Å². The van der Waals surface area contributed by atoms with Gasteiger partial charge in [-0.2, -0.15) is 0 Å². The number of Topliss-reactive ketones (excluding diaryl/α,β-unsaturated/α-hetero) is 1. The third kappa shape index (κ3) is 4.23. The average Bonchev–Trinajstić information content (AvgIpc) is 3.17. The molecule has 0 saturated heterocycles. The Morgan fingerprint density at radius 1 is 0.923 bits per heavy atom. The molecule has 0 bridgehead atoms. The summed E-state index contributed by atoms with van der Waals surface area (Å²) in [6.07, 6.45) is 0. The van der Waals surface area contributed by atoms with Crippen molar-refractivity contribution in [3.63, 3.8) is 0 Å². The lowest BCUT2D eigenvalue weighted by Crippen LogP contribution is -2.12. The zero-order valence-corrected chi connectivity index (χ0v) is 14.7. The van der Waals surface area contributed by atoms with Crippen molar-refractivity contribution in [3.8, 4) is 5.75 Å². The molecule has 130 valence electrons. The molecular weight excluding hydrogens is 350 g/mol. The summed E-state index contributed by atoms with van der Waals surface area (Å²) in [7, 11) is 0. The van der Waals surface area contributed by atoms with E-state index in [2.05, 4.69) is 5.32 Å². The molecule has 3 rings (SSSR count). The molecule has 0 aliphatic carbocycles. The van der Waals surface area contributed by atoms with Crippen LogP contribution in [0.25, 0.3) is 0 Å². The second-order valence-electron chi connectivity index (χ2n) is 5.48. The molecule has 0 fully saturated rings. The van der Waals surface area contributed by atoms with Gasteiger partial charge in [0, 0.05) is 11.3 Å². The maximum Gasteiger partial charge on any atom is 0.343 e. The summed E-state index contributed by atoms with van der Waals surface area (Å²) in [5, 5.41) is 4.57. The molecule has 6 heteroatoms. The molecule has 1 amide bonds. The average molecular weight is 365 g/mol. The number of thiophene rings is 1. The first-order valence-corrected chi connectivity index (χ1v) is 8.69. The number of hydrogen-bond donors (Lipinski definition) is 1. The van der Waals surface area contributed by atoms with Gasteiger partial charge >= 0.3 is 5.97 Å². The van der Waals surface area contributed by atoms with Crippen LogP contribution in [0, 0.1) is 0 Å². The van der Waals surface area contributed by atoms with Gasteiger partial charge in [-0.05, 0) is 60.8 Å². The van der Waals surface area contributed by atoms with Gasteiger partial charge in [-0.1, -0.05) is 12.1 Å². The van der Waals surface area contributed by atoms with Gasteiger partial charge in [-0.3, -0.25) is 9.59 Å². The van der Waals surface area contributed by atoms with E-state index in [0.29, 0.717) is 27.4 Å². The summed E-state index contributed by atoms with van der Waals surface area (Å²) < 4.78 is 5.31. The van der Waals surface area contributed by atoms with E-state index >= 15 is 0 Å². The molecule has 1 N–H and O–H groups in total. The van der Waals surface area contributed by atoms with E-state index < -0.39 is 5.97 Å². The van der Waals surface area contributed by atoms with E-state index in [9.17, 15) is 14.4 Å². The molecule has 26 heavy (non-hydrogen) atoms. The number of benzene rings is 2. The Bertz CT molecular complexity index is 946. The highest BCUT2D eigenvalue weighted by Gasteiger charge is 2.12. The van der Waals surface area contributed by atoms with Gasteiger partial charge in [-0.25, -0.2) is 4.79 Å². The standard InChI is InChI=1S/C20H15NO4S/c1-13(22)14-7-9-17(10-8-14)25-20(24)15-4-2-5-16(12-15)21-19(23)18-6-3-11-26-18/h2-12H,1H3,(H,21,23). The van der Waals surface area contributed by atoms with Crippen molar-refractivity contribution in [1.82, 2.24) is 0 Å². The molecule has 0 unspecified atom stereocenters. The van der Waals surface area contributed by atoms with Crippen LogP contribution in [0.1, 0.15) is 37.3 Å². The van der Waals surface area contributed by atoms with Crippen LogP contribution < -0.4 is 10.1 Å². The fraction of sp³-hybridized carbons (Fsp3) is 0.0500. The van der Waals surface area contributed by atoms with E-state index in [4.69, 9.17) is 4.74 Å². The highest BCUT2D eigenvalue weighted by molar-refractivity contribution is 7.12. The minimum absolute atomic E-state index is 0.0583. The second kappa shape index (κ2) is 7.76. The third-order valence-corrected chi connectivity index (χ3v) is 4.44. The third-order valence-electron chi connectivity index (χ3n) is 3.57. The molecule has 0 atom stereocenters. The van der Waals surface area contributed by atoms with Crippen molar-refractivity contribution in [2.75, 3.05) is 5.32 Å². The lowest BCUT2D eigenvalue weighted by Gasteiger charge is -2.07. The molecule has 0 saturated carbocycles. The second-order valence-corrected chi connectivity index (χ2v) is 6.43. The Morgan fingerprint density at radius 2 is 1.69 bits per heavy atom. The lowest BCUT2D eigenvalue weighted by molar-refractivity contribution is 0.0734. The van der Waals surface area contributed by atoms with Gasteiger partial charge in [0.15, 0.2) is 5.78 Å². The van der Waals surface area contributed by atoms with Crippen LogP contribution in [-0.2, 0) is 0 Å². The maximum atomic E-state index is 12.3. The van der Waals surface area contributed by atoms with Crippen LogP contribution >= 0.6 is 11.3 Å². The van der Waals surface area contributed by atoms with Gasteiger partial charge < -0.3 is 10.1 Å². The van der Waals surface area contributed by atoms with Crippen molar-refractivity contribution in [3.05, 3.63) is 82.0 Å². The van der Waals surface area contributed by atoms with Crippen LogP contribution in [0.2, 0.25) is 0 Å². The molecule has 0 aliphatic heterocycles. The molecule has 5 nitrogen and oxygen atoms in total. The molecule has 1 heterocycles. The molecule has 0 aliphatic rings. The normalized spacial score (nSPS) is 10.2. The van der Waals surface area contributed by atoms with Crippen molar-refractivity contribution < 1.29 is 19.1 Å². The van der Waals surface area contributed by atoms with Crippen LogP contribution in [0.4, 0.5) is 5.69 Å². The summed E-state index contributed by atoms with van der Waals surface area (Å²) in [4.78, 5) is 36.2. The molecule has 0 spiro atoms. The Morgan fingerprint density at radius 3 is 2.35 bits per heavy atom. The fourth-order valence-corrected chi connectivity index (χ4v) is 2.87. The maximum absolute atomic E-state index is 12.3. The highest BCUT2D eigenvalue weighted by atomic mass is 32.1. The van der Waals surface area contributed by atoms with Gasteiger partial charge in [0.1, 0.15) is 5.75 Å². The summed E-state index contributed by atoms with van der Waals surface area (Å²) in [6.45, 7) is 1.47. The van der Waals surface area contributed by atoms with Gasteiger partial charge in [0.05, 0.1) is 10.4 Å². The van der Waals surface area contributed by atoms with Crippen LogP contribution in [0.5, 0.6) is 5.75 Å². The molecular formula is C20H15NO4S. The van der Waals surface area contributed by atoms with Gasteiger partial charge in [-0.15, -0.1) is 11.3 Å². The summed E-state index contributed by atoms with van der Waals surface area (Å²) >= 11 is 1.34. The number of rotatable bonds is 5. The number of carbonyl (C=O) groups is 3. The SMILES string of the molecule is CC(=O)c1ccc(OC(=O)c2cccc(NC(=O)c3cccs3)c2)cc1. The van der Waals surface area contributed by atoms with Crippen molar-refractivity contribution >= 4 is 34.7 Å². The number of anilines is 1. The Labute approximate surface area is 154 Å². The minimum atomic E-state index is -0.548. The number of esters is 1. The molecule has 1 aromatic heterocycles. The number of ketones is 1. The Balaban J connectivity index is 1.69. The highest BCUT2D eigenvalue weighted by Crippen LogP contribution is 2.18. The quantitative estimate of drug-likeness (QED) is 0.413. The zero-order valence-electron chi connectivity index (χ0n) is 13.9. The van der Waals surface area contributed by atoms with E-state index in [1.807, 2.05) is 5.38 Å². The minimum Gasteiger partial charge on any atom is -0.423 e. The summed E-state index contributed by atoms with van der Waals surface area (Å²) in [5.74, 6) is -0.497. The van der Waals surface area contributed by atoms with Gasteiger partial charge in [0.2, 0.25) is 0 Å². The first-order chi connectivity index (χ1) is 12.5. The van der Waals surface area contributed by atoms with Crippen LogP contribution in [0.3, 0.4) is 0 Å². The zero-order chi connectivity index (χ0) is 18.5. The number of amides is 1. The van der Waals surface area contributed by atoms with Crippen LogP contribution in [0.15, 0.2) is 66.0 Å². The number of hydrogen-bond acceptors (Lipinski definition) is 5. The van der Waals surface area contributed by atoms with Crippen LogP contribution in [-0.4, -0.2) is 17.7 Å². The molecule has 0 radical (unpaired) electrons. The topological polar surface area (TPSA) is 72.5 Å². The number of ether oxygens (including phenoxy) is 1. The largest absolute Gasteiger partial charge is 0.423 e. The van der Waals surface area contributed by atoms with Gasteiger partial charge in [0.25, 0.3) is 5.91 Å². The predicted octanol–water partition coefficient (Wildman–Crippen LogP) is 4.42. The van der Waals surface area contributed by atoms with E-state index in [0.717, 1.165) is 0 Å². The van der Waals surface area contributed by atoms with Crippen molar-refractivity contribution in [2.24, 2.45) is 0 Å². The Kier molecular flexibility index (Phi) is 5.24. The van der Waals surface area contributed by atoms with Crippen molar-refractivity contribution in [1.29, 1.82) is 0 Å². The summed E-state index contributed by atoms with van der Waals surface area (Å²) in [6, 6.07) is 16.4. The Hall–Kier alpha value is -3.25. The number of nitrogens with one attached hydrogen (secondary N) is 1. The predicted molar refractivity (Wildman–Crippen MR) is 100 cm³/mol. The molecule has 2 aromatic carbocycles. The number of carbonyl (C=O) groups excluding carboxylic acids is 3. The summed E-state index contributed by atoms with van der Waals surface area (Å²) in [5.41, 5.74) is 1.36.